The van der Waals surface area contributed by atoms with Gasteiger partial charge in [0.05, 0.1) is 12.1 Å². The van der Waals surface area contributed by atoms with Gasteiger partial charge in [-0.05, 0) is 26.2 Å². The second kappa shape index (κ2) is 5.74. The summed E-state index contributed by atoms with van der Waals surface area (Å²) in [7, 11) is 1.77. The van der Waals surface area contributed by atoms with Crippen molar-refractivity contribution in [3.8, 4) is 0 Å². The number of aromatic nitrogens is 2. The SMILES string of the molecule is COC1CCCC1Nc1nc(C(C)C)nc(N)c1C. The average molecular weight is 264 g/mol. The molecule has 2 rings (SSSR count). The van der Waals surface area contributed by atoms with Crippen LogP contribution < -0.4 is 11.1 Å². The maximum atomic E-state index is 5.98. The molecule has 1 fully saturated rings. The molecule has 0 amide bonds. The highest BCUT2D eigenvalue weighted by atomic mass is 16.5. The third-order valence-electron chi connectivity index (χ3n) is 3.79. The molecule has 0 spiro atoms. The molecule has 0 saturated heterocycles. The number of nitrogens with two attached hydrogens (primary N) is 1. The molecule has 2 atom stereocenters. The molecular formula is C14H24N4O. The molecule has 1 aromatic heterocycles. The fraction of sp³-hybridized carbons (Fsp3) is 0.714. The van der Waals surface area contributed by atoms with E-state index in [1.807, 2.05) is 6.92 Å². The number of nitrogen functional groups attached to an aromatic ring is 1. The minimum Gasteiger partial charge on any atom is -0.383 e. The Morgan fingerprint density at radius 2 is 2.05 bits per heavy atom. The molecule has 2 unspecified atom stereocenters. The molecule has 1 heterocycles. The molecule has 19 heavy (non-hydrogen) atoms. The van der Waals surface area contributed by atoms with Gasteiger partial charge in [-0.3, -0.25) is 0 Å². The van der Waals surface area contributed by atoms with Crippen molar-refractivity contribution < 1.29 is 4.74 Å². The Labute approximate surface area is 115 Å². The predicted octanol–water partition coefficient (Wildman–Crippen LogP) is 2.47. The first kappa shape index (κ1) is 14.1. The molecule has 3 N–H and O–H groups in total. The van der Waals surface area contributed by atoms with Crippen molar-refractivity contribution in [1.82, 2.24) is 9.97 Å². The summed E-state index contributed by atoms with van der Waals surface area (Å²) >= 11 is 0. The lowest BCUT2D eigenvalue weighted by atomic mass is 10.1. The first-order valence-corrected chi connectivity index (χ1v) is 6.96. The van der Waals surface area contributed by atoms with E-state index >= 15 is 0 Å². The van der Waals surface area contributed by atoms with Crippen LogP contribution in [0.4, 0.5) is 11.6 Å². The molecule has 5 nitrogen and oxygen atoms in total. The van der Waals surface area contributed by atoms with Gasteiger partial charge in [-0.15, -0.1) is 0 Å². The maximum absolute atomic E-state index is 5.98. The van der Waals surface area contributed by atoms with E-state index in [4.69, 9.17) is 10.5 Å². The molecule has 0 aromatic carbocycles. The number of hydrogen-bond acceptors (Lipinski definition) is 5. The van der Waals surface area contributed by atoms with Gasteiger partial charge in [-0.2, -0.15) is 0 Å². The summed E-state index contributed by atoms with van der Waals surface area (Å²) in [6.45, 7) is 6.10. The number of nitrogens with one attached hydrogen (secondary N) is 1. The van der Waals surface area contributed by atoms with Crippen LogP contribution in [0, 0.1) is 6.92 Å². The molecule has 0 radical (unpaired) electrons. The molecule has 1 aliphatic carbocycles. The Kier molecular flexibility index (Phi) is 4.24. The summed E-state index contributed by atoms with van der Waals surface area (Å²) in [5.74, 6) is 2.47. The van der Waals surface area contributed by atoms with E-state index in [9.17, 15) is 0 Å². The summed E-state index contributed by atoms with van der Waals surface area (Å²) in [6.07, 6.45) is 3.66. The van der Waals surface area contributed by atoms with Crippen LogP contribution in [0.1, 0.15) is 50.4 Å². The van der Waals surface area contributed by atoms with Crippen LogP contribution in [-0.2, 0) is 4.74 Å². The van der Waals surface area contributed by atoms with E-state index in [1.165, 1.54) is 6.42 Å². The molecule has 5 heteroatoms. The Balaban J connectivity index is 2.24. The van der Waals surface area contributed by atoms with Gasteiger partial charge in [-0.1, -0.05) is 13.8 Å². The van der Waals surface area contributed by atoms with E-state index in [-0.39, 0.29) is 12.0 Å². The number of nitrogens with zero attached hydrogens (tertiary/aromatic N) is 2. The molecule has 1 aromatic rings. The summed E-state index contributed by atoms with van der Waals surface area (Å²) in [5.41, 5.74) is 6.90. The average Bonchev–Trinajstić information content (AvgIpc) is 2.81. The van der Waals surface area contributed by atoms with Gasteiger partial charge in [-0.25, -0.2) is 9.97 Å². The van der Waals surface area contributed by atoms with Gasteiger partial charge in [0.15, 0.2) is 0 Å². The molecule has 1 aliphatic rings. The lowest BCUT2D eigenvalue weighted by molar-refractivity contribution is 0.101. The summed E-state index contributed by atoms with van der Waals surface area (Å²) in [4.78, 5) is 8.95. The third-order valence-corrected chi connectivity index (χ3v) is 3.79. The van der Waals surface area contributed by atoms with Crippen LogP contribution >= 0.6 is 0 Å². The second-order valence-electron chi connectivity index (χ2n) is 5.55. The Bertz CT molecular complexity index is 447. The van der Waals surface area contributed by atoms with Gasteiger partial charge in [0.2, 0.25) is 0 Å². The Morgan fingerprint density at radius 1 is 1.32 bits per heavy atom. The van der Waals surface area contributed by atoms with Crippen molar-refractivity contribution >= 4 is 11.6 Å². The highest BCUT2D eigenvalue weighted by Crippen LogP contribution is 2.27. The molecule has 0 bridgehead atoms. The second-order valence-corrected chi connectivity index (χ2v) is 5.55. The number of anilines is 2. The number of hydrogen-bond donors (Lipinski definition) is 2. The zero-order valence-corrected chi connectivity index (χ0v) is 12.2. The van der Waals surface area contributed by atoms with E-state index < -0.39 is 0 Å². The van der Waals surface area contributed by atoms with E-state index in [2.05, 4.69) is 29.1 Å². The fourth-order valence-electron chi connectivity index (χ4n) is 2.50. The van der Waals surface area contributed by atoms with Crippen molar-refractivity contribution in [3.05, 3.63) is 11.4 Å². The monoisotopic (exact) mass is 264 g/mol. The van der Waals surface area contributed by atoms with Crippen molar-refractivity contribution in [2.24, 2.45) is 0 Å². The van der Waals surface area contributed by atoms with E-state index in [1.54, 1.807) is 7.11 Å². The molecule has 1 saturated carbocycles. The molecular weight excluding hydrogens is 240 g/mol. The standard InChI is InChI=1S/C14H24N4O/c1-8(2)13-17-12(15)9(3)14(18-13)16-10-6-5-7-11(10)19-4/h8,10-11H,5-7H2,1-4H3,(H3,15,16,17,18). The molecule has 0 aliphatic heterocycles. The highest BCUT2D eigenvalue weighted by Gasteiger charge is 2.28. The van der Waals surface area contributed by atoms with Crippen molar-refractivity contribution in [2.45, 2.75) is 58.1 Å². The van der Waals surface area contributed by atoms with Gasteiger partial charge < -0.3 is 15.8 Å². The fourth-order valence-corrected chi connectivity index (χ4v) is 2.50. The maximum Gasteiger partial charge on any atom is 0.135 e. The Hall–Kier alpha value is -1.36. The highest BCUT2D eigenvalue weighted by molar-refractivity contribution is 5.55. The lowest BCUT2D eigenvalue weighted by Crippen LogP contribution is -2.30. The topological polar surface area (TPSA) is 73.1 Å². The molecule has 106 valence electrons. The quantitative estimate of drug-likeness (QED) is 0.874. The first-order valence-electron chi connectivity index (χ1n) is 6.96. The van der Waals surface area contributed by atoms with Gasteiger partial charge >= 0.3 is 0 Å². The zero-order valence-electron chi connectivity index (χ0n) is 12.2. The van der Waals surface area contributed by atoms with Crippen LogP contribution in [0.15, 0.2) is 0 Å². The lowest BCUT2D eigenvalue weighted by Gasteiger charge is -2.22. The van der Waals surface area contributed by atoms with Crippen molar-refractivity contribution in [2.75, 3.05) is 18.2 Å². The number of ether oxygens (including phenoxy) is 1. The van der Waals surface area contributed by atoms with Crippen LogP contribution in [0.25, 0.3) is 0 Å². The van der Waals surface area contributed by atoms with Crippen LogP contribution in [-0.4, -0.2) is 29.2 Å². The van der Waals surface area contributed by atoms with Crippen LogP contribution in [0.2, 0.25) is 0 Å². The van der Waals surface area contributed by atoms with Crippen molar-refractivity contribution in [3.63, 3.8) is 0 Å². The van der Waals surface area contributed by atoms with Gasteiger partial charge in [0.1, 0.15) is 17.5 Å². The van der Waals surface area contributed by atoms with E-state index in [0.29, 0.717) is 11.9 Å². The van der Waals surface area contributed by atoms with Crippen LogP contribution in [0.3, 0.4) is 0 Å². The summed E-state index contributed by atoms with van der Waals surface area (Å²) in [5, 5.41) is 3.49. The van der Waals surface area contributed by atoms with Gasteiger partial charge in [0, 0.05) is 18.6 Å². The smallest absolute Gasteiger partial charge is 0.135 e. The number of rotatable bonds is 4. The minimum absolute atomic E-state index is 0.262. The Morgan fingerprint density at radius 3 is 2.68 bits per heavy atom. The summed E-state index contributed by atoms with van der Waals surface area (Å²) < 4.78 is 5.51. The number of methoxy groups -OCH3 is 1. The van der Waals surface area contributed by atoms with Crippen molar-refractivity contribution in [1.29, 1.82) is 0 Å². The third kappa shape index (κ3) is 2.97. The zero-order chi connectivity index (χ0) is 14.0. The first-order chi connectivity index (χ1) is 9.02. The van der Waals surface area contributed by atoms with Gasteiger partial charge in [0.25, 0.3) is 0 Å². The largest absolute Gasteiger partial charge is 0.383 e. The van der Waals surface area contributed by atoms with E-state index in [0.717, 1.165) is 30.0 Å². The minimum atomic E-state index is 0.262. The summed E-state index contributed by atoms with van der Waals surface area (Å²) in [6, 6.07) is 0.318. The normalized spacial score (nSPS) is 23.0. The van der Waals surface area contributed by atoms with Crippen LogP contribution in [0.5, 0.6) is 0 Å². The predicted molar refractivity (Wildman–Crippen MR) is 77.3 cm³/mol.